The fourth-order valence-electron chi connectivity index (χ4n) is 16.5. The molecule has 9 aliphatic heterocycles. The van der Waals surface area contributed by atoms with E-state index in [2.05, 4.69) is 41.9 Å². The minimum Gasteiger partial charge on any atom is -0.381 e. The predicted molar refractivity (Wildman–Crippen MR) is 470 cm³/mol. The third-order valence-electron chi connectivity index (χ3n) is 22.9. The lowest BCUT2D eigenvalue weighted by Crippen LogP contribution is -2.44. The van der Waals surface area contributed by atoms with Crippen LogP contribution in [0.15, 0.2) is 179 Å². The third-order valence-corrected chi connectivity index (χ3v) is 22.9. The van der Waals surface area contributed by atoms with Crippen molar-refractivity contribution in [3.05, 3.63) is 299 Å². The van der Waals surface area contributed by atoms with Crippen LogP contribution in [0.5, 0.6) is 0 Å². The lowest BCUT2D eigenvalue weighted by molar-refractivity contribution is 0.0663. The molecule has 9 aliphatic rings. The van der Waals surface area contributed by atoms with E-state index in [0.29, 0.717) is 182 Å². The zero-order valence-electron chi connectivity index (χ0n) is 92.5. The Morgan fingerprint density at radius 1 is 0.374 bits per heavy atom. The number of halogens is 6. The fourth-order valence-corrected chi connectivity index (χ4v) is 16.5. The molecule has 0 atom stereocenters. The highest BCUT2D eigenvalue weighted by Crippen LogP contribution is 2.34. The van der Waals surface area contributed by atoms with Gasteiger partial charge in [0.15, 0.2) is 0 Å². The molecule has 24 heteroatoms. The molecule has 642 valence electrons. The van der Waals surface area contributed by atoms with Crippen LogP contribution < -0.4 is 30.7 Å². The molecule has 0 radical (unpaired) electrons. The molecule has 3 amide bonds. The highest BCUT2D eigenvalue weighted by atomic mass is 19.2. The minimum absolute atomic E-state index is 0.00439. The third kappa shape index (κ3) is 22.2. The maximum atomic E-state index is 14.0. The highest BCUT2D eigenvalue weighted by molar-refractivity contribution is 6.16. The van der Waals surface area contributed by atoms with Gasteiger partial charge in [0.25, 0.3) is 17.7 Å². The Kier molecular flexibility index (Phi) is 19.3. The number of ether oxygens (including phenoxy) is 3. The molecule has 18 nitrogen and oxygen atoms in total. The number of carbonyl (C=O) groups is 3. The van der Waals surface area contributed by atoms with Gasteiger partial charge in [-0.15, -0.1) is 0 Å². The van der Waals surface area contributed by atoms with E-state index in [1.807, 2.05) is 36.4 Å². The number of benzene rings is 9. The van der Waals surface area contributed by atoms with Gasteiger partial charge in [-0.3, -0.25) is 29.4 Å². The topological polar surface area (TPSA) is 172 Å². The molecule has 0 aromatic heterocycles. The Balaban J connectivity index is 0.000000159. The number of fused-ring (bicyclic) bond motifs is 3. The lowest BCUT2D eigenvalue weighted by Gasteiger charge is -2.34. The number of piperazine rings is 3. The summed E-state index contributed by atoms with van der Waals surface area (Å²) in [5.74, 6) is -5.70. The Morgan fingerprint density at radius 3 is 0.984 bits per heavy atom. The quantitative estimate of drug-likeness (QED) is 0.0696. The smallest absolute Gasteiger partial charge is 0.257 e. The number of aliphatic imine (C=N–C) groups is 3. The van der Waals surface area contributed by atoms with Crippen LogP contribution in [-0.2, 0) is 72.4 Å². The summed E-state index contributed by atoms with van der Waals surface area (Å²) in [4.78, 5) is 59.8. The van der Waals surface area contributed by atoms with Crippen LogP contribution in [0.4, 0.5) is 43.4 Å². The van der Waals surface area contributed by atoms with Gasteiger partial charge in [0.1, 0.15) is 52.4 Å². The standard InChI is InChI=1S/3C33H36F2N4O2/c3*1-38-8-10-39(11-9-38)29-4-5-30(26(19-29)15-22-6-12-41-13-7-22)33(40)37-32-31-18-23(2-3-25(31)21-36-32)14-24-16-27(34)20-28(35)17-24/h3*2-5,16-20,22H,6-15,21H2,1H3,(H,36,37,40)/i1D3,8D2,9D2,10D2,11D2,20D;8D2,9D2,10D2,11D2,20D;1D3,20D. The zero-order chi connectivity index (χ0) is 107. The average molecular weight is 1700 g/mol. The van der Waals surface area contributed by atoms with E-state index in [-0.39, 0.29) is 100 Å². The van der Waals surface area contributed by atoms with Gasteiger partial charge in [-0.05, 0) is 292 Å². The second kappa shape index (κ2) is 39.8. The Bertz CT molecular complexity index is 6570. The maximum Gasteiger partial charge on any atom is 0.257 e. The van der Waals surface area contributed by atoms with E-state index in [1.54, 1.807) is 30.3 Å². The van der Waals surface area contributed by atoms with Crippen LogP contribution in [0.25, 0.3) is 0 Å². The molecule has 9 heterocycles. The summed E-state index contributed by atoms with van der Waals surface area (Å²) >= 11 is 0. The van der Waals surface area contributed by atoms with Gasteiger partial charge in [-0.1, -0.05) is 36.4 Å². The van der Waals surface area contributed by atoms with Gasteiger partial charge in [-0.2, -0.15) is 0 Å². The molecule has 0 saturated carbocycles. The number of hydrogen-bond acceptors (Lipinski definition) is 15. The summed E-state index contributed by atoms with van der Waals surface area (Å²) in [7, 11) is 0.999. The molecule has 3 N–H and O–H groups in total. The first kappa shape index (κ1) is 59.8. The summed E-state index contributed by atoms with van der Waals surface area (Å²) in [5.41, 5.74) is 10.9. The van der Waals surface area contributed by atoms with Crippen molar-refractivity contribution in [2.24, 2.45) is 32.7 Å². The summed E-state index contributed by atoms with van der Waals surface area (Å²) < 4.78 is 307. The number of likely N-dealkylation sites (N-methyl/N-ethyl adjacent to an activating group) is 3. The van der Waals surface area contributed by atoms with E-state index in [0.717, 1.165) is 95.7 Å². The van der Waals surface area contributed by atoms with E-state index >= 15 is 0 Å². The average Bonchev–Trinajstić information content (AvgIpc) is 0.748. The van der Waals surface area contributed by atoms with Gasteiger partial charge < -0.3 is 59.6 Å². The summed E-state index contributed by atoms with van der Waals surface area (Å²) in [5, 5.41) is 8.70. The van der Waals surface area contributed by atoms with Crippen LogP contribution >= 0.6 is 0 Å². The molecule has 0 aliphatic carbocycles. The van der Waals surface area contributed by atoms with Gasteiger partial charge in [0.2, 0.25) is 0 Å². The highest BCUT2D eigenvalue weighted by Gasteiger charge is 2.31. The van der Waals surface area contributed by atoms with E-state index < -0.39 is 131 Å². The van der Waals surface area contributed by atoms with Crippen LogP contribution in [0, 0.1) is 52.7 Å². The molecule has 9 aromatic carbocycles. The number of rotatable bonds is 18. The van der Waals surface area contributed by atoms with Crippen LogP contribution in [0.3, 0.4) is 0 Å². The zero-order valence-corrected chi connectivity index (χ0v) is 67.5. The van der Waals surface area contributed by atoms with Gasteiger partial charge >= 0.3 is 0 Å². The number of nitrogens with one attached hydrogen (secondary N) is 3. The number of nitrogens with zero attached hydrogens (tertiary/aromatic N) is 9. The lowest BCUT2D eigenvalue weighted by atomic mass is 9.89. The molecular weight excluding hydrogens is 1570 g/mol. The van der Waals surface area contributed by atoms with Crippen LogP contribution in [0.1, 0.15) is 187 Å². The molecular formula is C99H108F6N12O6. The van der Waals surface area contributed by atoms with Gasteiger partial charge in [0.05, 0.1) is 34.7 Å². The molecule has 9 aromatic rings. The number of amidine groups is 3. The summed E-state index contributed by atoms with van der Waals surface area (Å²) in [6, 6.07) is 34.5. The summed E-state index contributed by atoms with van der Waals surface area (Å²) in [6.45, 7) is -25.3. The van der Waals surface area contributed by atoms with E-state index in [1.165, 1.54) is 47.4 Å². The Hall–Kier alpha value is -10.9. The van der Waals surface area contributed by atoms with E-state index in [4.69, 9.17) is 48.5 Å². The Morgan fingerprint density at radius 2 is 0.675 bits per heavy atom. The first-order valence-electron chi connectivity index (χ1n) is 53.5. The molecule has 6 saturated heterocycles. The maximum absolute atomic E-state index is 14.0. The second-order valence-corrected chi connectivity index (χ2v) is 31.7. The predicted octanol–water partition coefficient (Wildman–Crippen LogP) is 14.9. The first-order valence-corrected chi connectivity index (χ1v) is 41.0. The number of anilines is 3. The van der Waals surface area contributed by atoms with Gasteiger partial charge in [-0.25, -0.2) is 26.3 Å². The second-order valence-electron chi connectivity index (χ2n) is 31.7. The van der Waals surface area contributed by atoms with Crippen molar-refractivity contribution in [1.29, 1.82) is 0 Å². The fraction of sp³-hybridized carbons (Fsp3) is 0.394. The van der Waals surface area contributed by atoms with Crippen molar-refractivity contribution in [2.45, 2.75) is 96.7 Å². The number of amides is 3. The molecule has 0 unspecified atom stereocenters. The summed E-state index contributed by atoms with van der Waals surface area (Å²) in [6.07, 6.45) is 6.35. The van der Waals surface area contributed by atoms with Crippen LogP contribution in [0.2, 0.25) is 0 Å². The molecule has 18 rings (SSSR count). The normalized spacial score (nSPS) is 24.3. The number of carbonyl (C=O) groups excluding carboxylic acids is 3. The van der Waals surface area contributed by atoms with Gasteiger partial charge in [0, 0.05) is 206 Å². The molecule has 0 bridgehead atoms. The van der Waals surface area contributed by atoms with Crippen molar-refractivity contribution < 1.29 is 89.2 Å². The molecule has 6 fully saturated rings. The van der Waals surface area contributed by atoms with Crippen molar-refractivity contribution in [1.82, 2.24) is 30.7 Å². The first-order chi connectivity index (χ1) is 69.5. The monoisotopic (exact) mass is 1700 g/mol. The van der Waals surface area contributed by atoms with Crippen molar-refractivity contribution in [3.63, 3.8) is 0 Å². The van der Waals surface area contributed by atoms with E-state index in [9.17, 15) is 40.7 Å². The molecule has 123 heavy (non-hydrogen) atoms. The van der Waals surface area contributed by atoms with Crippen molar-refractivity contribution >= 4 is 52.3 Å². The Labute approximate surface area is 751 Å². The number of hydrogen-bond donors (Lipinski definition) is 3. The largest absolute Gasteiger partial charge is 0.381 e. The van der Waals surface area contributed by atoms with Crippen molar-refractivity contribution in [2.75, 3.05) is 153 Å². The minimum atomic E-state index is -3.56. The SMILES string of the molecule is [2H]c1c(F)cc(Cc2ccc3c(c2)C(NC(=O)c2ccc(N4C([2H])([2H])C([2H])([2H])N(C([2H])([2H])[2H])C([2H])([2H])C4([2H])[2H])cc2CC2CCOCC2)=NC3)cc1F.[2H]c1c(F)cc(Cc2ccc3c(c2)C(NC(=O)c2ccc(N4C([2H])([2H])C([2H])([2H])N(C)C([2H])([2H])C4([2H])[2H])cc2CC2CCOCC2)=NC3)cc1F.[2H]c1c(F)cc(Cc2ccc3c(c2)C(NC(=O)c2ccc(N4CCN(C([2H])([2H])[2H])CC4)cc2CC2CCOCC2)=NC3)cc1F. The van der Waals surface area contributed by atoms with Crippen molar-refractivity contribution in [3.8, 4) is 0 Å². The van der Waals surface area contributed by atoms with Crippen LogP contribution in [-0.4, -0.2) is 189 Å². The molecule has 0 spiro atoms.